The highest BCUT2D eigenvalue weighted by Gasteiger charge is 2.25. The number of likely N-dealkylation sites (tertiary alicyclic amines) is 2. The molecule has 0 aromatic carbocycles. The summed E-state index contributed by atoms with van der Waals surface area (Å²) in [6.45, 7) is 13.4. The number of aliphatic imine (C=N–C) groups is 1. The molecule has 1 aromatic rings. The standard InChI is InChI=1S/C23H40N6O2/c1-16(2)22(30)29-12-8-20(9-13-29)27-23(24-5)25-14-19-6-10-28(11-7-19)15-21-26-17(3)18(4)31-21/h16,19-20H,6-15H2,1-5H3,(H2,24,25,27). The zero-order chi connectivity index (χ0) is 22.4. The summed E-state index contributed by atoms with van der Waals surface area (Å²) in [5, 5.41) is 7.08. The van der Waals surface area contributed by atoms with Gasteiger partial charge in [-0.2, -0.15) is 0 Å². The van der Waals surface area contributed by atoms with E-state index in [1.807, 2.05) is 39.6 Å². The number of rotatable bonds is 6. The molecule has 8 nitrogen and oxygen atoms in total. The highest BCUT2D eigenvalue weighted by molar-refractivity contribution is 5.80. The number of nitrogens with zero attached hydrogens (tertiary/aromatic N) is 4. The topological polar surface area (TPSA) is 86.0 Å². The Bertz CT molecular complexity index is 724. The van der Waals surface area contributed by atoms with Gasteiger partial charge in [0.1, 0.15) is 5.76 Å². The number of carbonyl (C=O) groups excluding carboxylic acids is 1. The lowest BCUT2D eigenvalue weighted by molar-refractivity contribution is -0.135. The number of carbonyl (C=O) groups is 1. The van der Waals surface area contributed by atoms with Gasteiger partial charge in [0, 0.05) is 38.6 Å². The van der Waals surface area contributed by atoms with Gasteiger partial charge in [0.25, 0.3) is 0 Å². The first-order chi connectivity index (χ1) is 14.9. The van der Waals surface area contributed by atoms with Crippen LogP contribution >= 0.6 is 0 Å². The molecule has 2 aliphatic heterocycles. The summed E-state index contributed by atoms with van der Waals surface area (Å²) in [4.78, 5) is 25.5. The minimum absolute atomic E-state index is 0.0777. The van der Waals surface area contributed by atoms with Crippen LogP contribution < -0.4 is 10.6 Å². The number of guanidine groups is 1. The lowest BCUT2D eigenvalue weighted by atomic mass is 9.97. The number of aryl methyl sites for hydroxylation is 2. The lowest BCUT2D eigenvalue weighted by Gasteiger charge is -2.34. The van der Waals surface area contributed by atoms with Crippen LogP contribution in [-0.4, -0.2) is 72.5 Å². The van der Waals surface area contributed by atoms with Gasteiger partial charge in [-0.25, -0.2) is 4.98 Å². The third kappa shape index (κ3) is 6.69. The molecule has 0 radical (unpaired) electrons. The Balaban J connectivity index is 1.34. The first-order valence-corrected chi connectivity index (χ1v) is 11.8. The first-order valence-electron chi connectivity index (χ1n) is 11.8. The number of oxazole rings is 1. The van der Waals surface area contributed by atoms with E-state index >= 15 is 0 Å². The molecular weight excluding hydrogens is 392 g/mol. The Hall–Kier alpha value is -2.09. The van der Waals surface area contributed by atoms with Crippen LogP contribution in [0, 0.1) is 25.7 Å². The smallest absolute Gasteiger partial charge is 0.225 e. The highest BCUT2D eigenvalue weighted by atomic mass is 16.4. The van der Waals surface area contributed by atoms with Crippen molar-refractivity contribution in [2.75, 3.05) is 39.8 Å². The Morgan fingerprint density at radius 2 is 1.84 bits per heavy atom. The monoisotopic (exact) mass is 432 g/mol. The van der Waals surface area contributed by atoms with E-state index in [0.717, 1.165) is 75.4 Å². The SMILES string of the molecule is CN=C(NCC1CCN(Cc2nc(C)c(C)o2)CC1)NC1CCN(C(=O)C(C)C)CC1. The predicted molar refractivity (Wildman–Crippen MR) is 123 cm³/mol. The van der Waals surface area contributed by atoms with E-state index in [1.165, 1.54) is 12.8 Å². The summed E-state index contributed by atoms with van der Waals surface area (Å²) >= 11 is 0. The second-order valence-corrected chi connectivity index (χ2v) is 9.32. The number of piperidine rings is 2. The molecule has 3 rings (SSSR count). The fourth-order valence-corrected chi connectivity index (χ4v) is 4.39. The second-order valence-electron chi connectivity index (χ2n) is 9.32. The average molecular weight is 433 g/mol. The summed E-state index contributed by atoms with van der Waals surface area (Å²) in [6, 6.07) is 0.372. The Morgan fingerprint density at radius 1 is 1.16 bits per heavy atom. The Kier molecular flexibility index (Phi) is 8.35. The summed E-state index contributed by atoms with van der Waals surface area (Å²) in [7, 11) is 1.83. The van der Waals surface area contributed by atoms with Gasteiger partial charge in [-0.15, -0.1) is 0 Å². The molecule has 0 saturated carbocycles. The van der Waals surface area contributed by atoms with Gasteiger partial charge in [-0.3, -0.25) is 14.7 Å². The van der Waals surface area contributed by atoms with Crippen molar-refractivity contribution < 1.29 is 9.21 Å². The van der Waals surface area contributed by atoms with Crippen LogP contribution in [0.25, 0.3) is 0 Å². The normalized spacial score (nSPS) is 19.8. The predicted octanol–water partition coefficient (Wildman–Crippen LogP) is 2.32. The molecule has 2 saturated heterocycles. The summed E-state index contributed by atoms with van der Waals surface area (Å²) in [6.07, 6.45) is 4.27. The van der Waals surface area contributed by atoms with Gasteiger partial charge in [-0.1, -0.05) is 13.8 Å². The van der Waals surface area contributed by atoms with E-state index in [2.05, 4.69) is 25.5 Å². The van der Waals surface area contributed by atoms with E-state index in [9.17, 15) is 4.79 Å². The van der Waals surface area contributed by atoms with Gasteiger partial charge in [0.05, 0.1) is 12.2 Å². The van der Waals surface area contributed by atoms with Crippen molar-refractivity contribution >= 4 is 11.9 Å². The van der Waals surface area contributed by atoms with Gasteiger partial charge in [-0.05, 0) is 58.5 Å². The highest BCUT2D eigenvalue weighted by Crippen LogP contribution is 2.19. The van der Waals surface area contributed by atoms with E-state index in [1.54, 1.807) is 0 Å². The van der Waals surface area contributed by atoms with Crippen molar-refractivity contribution in [2.45, 2.75) is 66.0 Å². The summed E-state index contributed by atoms with van der Waals surface area (Å²) in [5.74, 6) is 3.62. The third-order valence-corrected chi connectivity index (χ3v) is 6.56. The van der Waals surface area contributed by atoms with Crippen LogP contribution in [-0.2, 0) is 11.3 Å². The van der Waals surface area contributed by atoms with Gasteiger partial charge >= 0.3 is 0 Å². The molecular formula is C23H40N6O2. The Labute approximate surface area is 186 Å². The van der Waals surface area contributed by atoms with E-state index in [-0.39, 0.29) is 11.8 Å². The third-order valence-electron chi connectivity index (χ3n) is 6.56. The number of hydrogen-bond acceptors (Lipinski definition) is 5. The molecule has 0 unspecified atom stereocenters. The molecule has 8 heteroatoms. The number of amides is 1. The van der Waals surface area contributed by atoms with Crippen LogP contribution in [0.4, 0.5) is 0 Å². The summed E-state index contributed by atoms with van der Waals surface area (Å²) in [5.41, 5.74) is 0.991. The molecule has 2 aliphatic rings. The zero-order valence-electron chi connectivity index (χ0n) is 19.9. The van der Waals surface area contributed by atoms with Crippen molar-refractivity contribution in [3.63, 3.8) is 0 Å². The van der Waals surface area contributed by atoms with Gasteiger partial charge < -0.3 is 20.0 Å². The van der Waals surface area contributed by atoms with Crippen molar-refractivity contribution in [3.8, 4) is 0 Å². The van der Waals surface area contributed by atoms with Gasteiger partial charge in [0.15, 0.2) is 5.96 Å². The molecule has 2 fully saturated rings. The molecule has 2 N–H and O–H groups in total. The quantitative estimate of drug-likeness (QED) is 0.530. The fraction of sp³-hybridized carbons (Fsp3) is 0.783. The molecule has 0 spiro atoms. The van der Waals surface area contributed by atoms with E-state index < -0.39 is 0 Å². The Morgan fingerprint density at radius 3 is 2.39 bits per heavy atom. The average Bonchev–Trinajstić information content (AvgIpc) is 3.08. The lowest BCUT2D eigenvalue weighted by Crippen LogP contribution is -2.51. The molecule has 0 aliphatic carbocycles. The first kappa shape index (κ1) is 23.6. The summed E-state index contributed by atoms with van der Waals surface area (Å²) < 4.78 is 5.73. The van der Waals surface area contributed by atoms with Crippen LogP contribution in [0.1, 0.15) is 56.9 Å². The number of hydrogen-bond donors (Lipinski definition) is 2. The van der Waals surface area contributed by atoms with Crippen molar-refractivity contribution in [2.24, 2.45) is 16.8 Å². The van der Waals surface area contributed by atoms with Crippen LogP contribution in [0.15, 0.2) is 9.41 Å². The van der Waals surface area contributed by atoms with E-state index in [0.29, 0.717) is 12.0 Å². The second kappa shape index (κ2) is 11.0. The molecule has 31 heavy (non-hydrogen) atoms. The van der Waals surface area contributed by atoms with Crippen molar-refractivity contribution in [1.82, 2.24) is 25.4 Å². The maximum atomic E-state index is 12.2. The van der Waals surface area contributed by atoms with E-state index in [4.69, 9.17) is 4.42 Å². The molecule has 0 bridgehead atoms. The molecule has 3 heterocycles. The zero-order valence-corrected chi connectivity index (χ0v) is 19.9. The molecule has 0 atom stereocenters. The molecule has 1 aromatic heterocycles. The maximum absolute atomic E-state index is 12.2. The molecule has 174 valence electrons. The number of aromatic nitrogens is 1. The van der Waals surface area contributed by atoms with Crippen LogP contribution in [0.5, 0.6) is 0 Å². The van der Waals surface area contributed by atoms with Crippen LogP contribution in [0.3, 0.4) is 0 Å². The number of nitrogens with one attached hydrogen (secondary N) is 2. The van der Waals surface area contributed by atoms with Gasteiger partial charge in [0.2, 0.25) is 11.8 Å². The minimum Gasteiger partial charge on any atom is -0.444 e. The van der Waals surface area contributed by atoms with Crippen molar-refractivity contribution in [1.29, 1.82) is 0 Å². The maximum Gasteiger partial charge on any atom is 0.225 e. The minimum atomic E-state index is 0.0777. The fourth-order valence-electron chi connectivity index (χ4n) is 4.39. The van der Waals surface area contributed by atoms with Crippen LogP contribution in [0.2, 0.25) is 0 Å². The van der Waals surface area contributed by atoms with Crippen molar-refractivity contribution in [3.05, 3.63) is 17.3 Å². The largest absolute Gasteiger partial charge is 0.444 e. The molecule has 1 amide bonds.